The highest BCUT2D eigenvalue weighted by atomic mass is 16.4. The standard InChI is InChI=1S/C11H17N3O4/c1-7(4-12)5-13(2)11(18)14-6-8(15)3-9(14)10(16)17/h7-9,15H,3,5-6H2,1-2H3,(H,16,17)/t7?,8?,9-/m0/s1. The second-order valence-electron chi connectivity index (χ2n) is 4.59. The number of aliphatic hydroxyl groups is 1. The average Bonchev–Trinajstić information content (AvgIpc) is 2.70. The molecule has 7 nitrogen and oxygen atoms in total. The van der Waals surface area contributed by atoms with Gasteiger partial charge in [0.2, 0.25) is 0 Å². The minimum atomic E-state index is -1.12. The van der Waals surface area contributed by atoms with E-state index >= 15 is 0 Å². The zero-order chi connectivity index (χ0) is 13.9. The van der Waals surface area contributed by atoms with Gasteiger partial charge in [-0.25, -0.2) is 9.59 Å². The Kier molecular flexibility index (Phi) is 4.50. The van der Waals surface area contributed by atoms with E-state index in [-0.39, 0.29) is 25.4 Å². The molecule has 0 spiro atoms. The molecule has 1 rings (SSSR count). The normalized spacial score (nSPS) is 24.4. The van der Waals surface area contributed by atoms with Gasteiger partial charge in [0, 0.05) is 26.6 Å². The molecule has 0 aromatic rings. The fraction of sp³-hybridized carbons (Fsp3) is 0.727. The van der Waals surface area contributed by atoms with Crippen molar-refractivity contribution in [2.24, 2.45) is 5.92 Å². The molecule has 0 radical (unpaired) electrons. The number of amides is 2. The van der Waals surface area contributed by atoms with Gasteiger partial charge in [0.15, 0.2) is 0 Å². The predicted molar refractivity (Wildman–Crippen MR) is 61.6 cm³/mol. The Hall–Kier alpha value is -1.81. The van der Waals surface area contributed by atoms with E-state index < -0.39 is 24.1 Å². The molecular formula is C11H17N3O4. The van der Waals surface area contributed by atoms with Gasteiger partial charge in [-0.1, -0.05) is 0 Å². The van der Waals surface area contributed by atoms with Crippen LogP contribution in [-0.4, -0.2) is 64.3 Å². The number of urea groups is 1. The summed E-state index contributed by atoms with van der Waals surface area (Å²) in [5.41, 5.74) is 0. The Morgan fingerprint density at radius 2 is 2.22 bits per heavy atom. The van der Waals surface area contributed by atoms with Crippen molar-refractivity contribution in [1.29, 1.82) is 5.26 Å². The number of carbonyl (C=O) groups is 2. The van der Waals surface area contributed by atoms with Crippen molar-refractivity contribution in [3.8, 4) is 6.07 Å². The molecule has 2 amide bonds. The molecule has 1 aliphatic rings. The van der Waals surface area contributed by atoms with E-state index in [0.717, 1.165) is 4.90 Å². The molecule has 1 aliphatic heterocycles. The largest absolute Gasteiger partial charge is 0.480 e. The van der Waals surface area contributed by atoms with Crippen LogP contribution in [0, 0.1) is 17.2 Å². The summed E-state index contributed by atoms with van der Waals surface area (Å²) in [6.45, 7) is 1.92. The number of carbonyl (C=O) groups excluding carboxylic acids is 1. The third-order valence-corrected chi connectivity index (χ3v) is 2.90. The summed E-state index contributed by atoms with van der Waals surface area (Å²) in [4.78, 5) is 25.5. The van der Waals surface area contributed by atoms with Gasteiger partial charge < -0.3 is 20.0 Å². The lowest BCUT2D eigenvalue weighted by molar-refractivity contribution is -0.141. The quantitative estimate of drug-likeness (QED) is 0.721. The summed E-state index contributed by atoms with van der Waals surface area (Å²) in [7, 11) is 1.51. The summed E-state index contributed by atoms with van der Waals surface area (Å²) < 4.78 is 0. The number of likely N-dealkylation sites (tertiary alicyclic amines) is 1. The molecule has 0 aliphatic carbocycles. The lowest BCUT2D eigenvalue weighted by atomic mass is 10.2. The third-order valence-electron chi connectivity index (χ3n) is 2.90. The summed E-state index contributed by atoms with van der Waals surface area (Å²) in [6.07, 6.45) is -0.764. The van der Waals surface area contributed by atoms with Crippen molar-refractivity contribution >= 4 is 12.0 Å². The number of nitriles is 1. The minimum absolute atomic E-state index is 0.0150. The van der Waals surface area contributed by atoms with Gasteiger partial charge >= 0.3 is 12.0 Å². The number of β-amino-alcohol motifs (C(OH)–C–C–N with tert-alkyl or cyclic N) is 1. The van der Waals surface area contributed by atoms with Gasteiger partial charge in [0.05, 0.1) is 18.1 Å². The first kappa shape index (κ1) is 14.3. The Bertz CT molecular complexity index is 379. The Morgan fingerprint density at radius 3 is 2.72 bits per heavy atom. The Labute approximate surface area is 105 Å². The molecule has 0 saturated carbocycles. The van der Waals surface area contributed by atoms with Crippen LogP contribution in [0.3, 0.4) is 0 Å². The maximum Gasteiger partial charge on any atom is 0.326 e. The number of hydrogen-bond donors (Lipinski definition) is 2. The average molecular weight is 255 g/mol. The second kappa shape index (κ2) is 5.69. The van der Waals surface area contributed by atoms with Gasteiger partial charge in [-0.3, -0.25) is 0 Å². The molecule has 0 bridgehead atoms. The molecule has 18 heavy (non-hydrogen) atoms. The van der Waals surface area contributed by atoms with Crippen molar-refractivity contribution in [3.05, 3.63) is 0 Å². The van der Waals surface area contributed by atoms with Gasteiger partial charge in [0.25, 0.3) is 0 Å². The highest BCUT2D eigenvalue weighted by molar-refractivity contribution is 5.83. The third kappa shape index (κ3) is 3.11. The first-order valence-corrected chi connectivity index (χ1v) is 5.69. The zero-order valence-electron chi connectivity index (χ0n) is 10.4. The van der Waals surface area contributed by atoms with Crippen LogP contribution in [0.2, 0.25) is 0 Å². The number of carboxylic acids is 1. The van der Waals surface area contributed by atoms with Crippen LogP contribution in [0.4, 0.5) is 4.79 Å². The number of carboxylic acid groups (broad SMARTS) is 1. The van der Waals surface area contributed by atoms with Crippen LogP contribution in [0.1, 0.15) is 13.3 Å². The smallest absolute Gasteiger partial charge is 0.326 e. The highest BCUT2D eigenvalue weighted by Crippen LogP contribution is 2.19. The molecule has 2 unspecified atom stereocenters. The number of aliphatic carboxylic acids is 1. The molecule has 2 N–H and O–H groups in total. The van der Waals surface area contributed by atoms with Crippen molar-refractivity contribution in [2.75, 3.05) is 20.1 Å². The van der Waals surface area contributed by atoms with Gasteiger partial charge in [-0.05, 0) is 6.92 Å². The Morgan fingerprint density at radius 1 is 1.61 bits per heavy atom. The predicted octanol–water partition coefficient (Wildman–Crippen LogP) is -0.282. The first-order valence-electron chi connectivity index (χ1n) is 5.69. The van der Waals surface area contributed by atoms with Crippen LogP contribution >= 0.6 is 0 Å². The number of hydrogen-bond acceptors (Lipinski definition) is 4. The topological polar surface area (TPSA) is 105 Å². The van der Waals surface area contributed by atoms with E-state index in [2.05, 4.69) is 0 Å². The Balaban J connectivity index is 2.71. The van der Waals surface area contributed by atoms with E-state index in [9.17, 15) is 14.7 Å². The maximum atomic E-state index is 12.0. The summed E-state index contributed by atoms with van der Waals surface area (Å²) >= 11 is 0. The van der Waals surface area contributed by atoms with Crippen molar-refractivity contribution in [2.45, 2.75) is 25.5 Å². The monoisotopic (exact) mass is 255 g/mol. The van der Waals surface area contributed by atoms with E-state index in [4.69, 9.17) is 10.4 Å². The van der Waals surface area contributed by atoms with Crippen molar-refractivity contribution < 1.29 is 19.8 Å². The van der Waals surface area contributed by atoms with Crippen LogP contribution in [-0.2, 0) is 4.79 Å². The molecule has 1 saturated heterocycles. The molecule has 3 atom stereocenters. The van der Waals surface area contributed by atoms with E-state index in [1.807, 2.05) is 6.07 Å². The zero-order valence-corrected chi connectivity index (χ0v) is 10.4. The van der Waals surface area contributed by atoms with E-state index in [0.29, 0.717) is 0 Å². The lowest BCUT2D eigenvalue weighted by Crippen LogP contribution is -2.47. The van der Waals surface area contributed by atoms with Crippen molar-refractivity contribution in [3.63, 3.8) is 0 Å². The second-order valence-corrected chi connectivity index (χ2v) is 4.59. The summed E-state index contributed by atoms with van der Waals surface area (Å²) in [5.74, 6) is -1.45. The summed E-state index contributed by atoms with van der Waals surface area (Å²) in [5, 5.41) is 27.1. The minimum Gasteiger partial charge on any atom is -0.480 e. The molecule has 1 fully saturated rings. The molecule has 100 valence electrons. The van der Waals surface area contributed by atoms with Crippen LogP contribution in [0.25, 0.3) is 0 Å². The molecule has 7 heteroatoms. The number of aliphatic hydroxyl groups excluding tert-OH is 1. The lowest BCUT2D eigenvalue weighted by Gasteiger charge is -2.27. The molecule has 0 aromatic heterocycles. The fourth-order valence-corrected chi connectivity index (χ4v) is 2.01. The molecule has 1 heterocycles. The van der Waals surface area contributed by atoms with Crippen LogP contribution < -0.4 is 0 Å². The SMILES string of the molecule is CC(C#N)CN(C)C(=O)N1CC(O)C[C@H]1C(=O)O. The molecule has 0 aromatic carbocycles. The van der Waals surface area contributed by atoms with Gasteiger partial charge in [0.1, 0.15) is 6.04 Å². The number of nitrogens with zero attached hydrogens (tertiary/aromatic N) is 3. The summed E-state index contributed by atoms with van der Waals surface area (Å²) in [6, 6.07) is 0.541. The van der Waals surface area contributed by atoms with Gasteiger partial charge in [-0.2, -0.15) is 5.26 Å². The number of rotatable bonds is 3. The first-order chi connectivity index (χ1) is 8.36. The highest BCUT2D eigenvalue weighted by Gasteiger charge is 2.40. The van der Waals surface area contributed by atoms with E-state index in [1.165, 1.54) is 11.9 Å². The van der Waals surface area contributed by atoms with Crippen LogP contribution in [0.5, 0.6) is 0 Å². The van der Waals surface area contributed by atoms with Crippen molar-refractivity contribution in [1.82, 2.24) is 9.80 Å². The van der Waals surface area contributed by atoms with E-state index in [1.54, 1.807) is 6.92 Å². The maximum absolute atomic E-state index is 12.0. The van der Waals surface area contributed by atoms with Gasteiger partial charge in [-0.15, -0.1) is 0 Å². The molecular weight excluding hydrogens is 238 g/mol. The fourth-order valence-electron chi connectivity index (χ4n) is 2.01. The van der Waals surface area contributed by atoms with Crippen LogP contribution in [0.15, 0.2) is 0 Å².